The molecule has 0 aliphatic rings. The normalized spacial score (nSPS) is 12.2. The maximum Gasteiger partial charge on any atom is 0.314 e. The number of benzene rings is 1. The predicted octanol–water partition coefficient (Wildman–Crippen LogP) is 1.79. The van der Waals surface area contributed by atoms with Crippen molar-refractivity contribution in [1.82, 2.24) is 0 Å². The first kappa shape index (κ1) is 12.2. The van der Waals surface area contributed by atoms with E-state index in [0.29, 0.717) is 5.69 Å². The zero-order valence-electron chi connectivity index (χ0n) is 9.57. The van der Waals surface area contributed by atoms with Crippen LogP contribution in [-0.2, 0) is 4.79 Å². The topological polar surface area (TPSA) is 80.4 Å². The smallest absolute Gasteiger partial charge is 0.314 e. The van der Waals surface area contributed by atoms with E-state index < -0.39 is 17.7 Å². The Labute approximate surface area is 94.1 Å². The molecule has 1 unspecified atom stereocenters. The van der Waals surface area contributed by atoms with E-state index in [9.17, 15) is 9.59 Å². The van der Waals surface area contributed by atoms with Crippen molar-refractivity contribution in [2.75, 3.05) is 5.73 Å². The molecule has 0 radical (unpaired) electrons. The van der Waals surface area contributed by atoms with Gasteiger partial charge in [-0.3, -0.25) is 9.59 Å². The quantitative estimate of drug-likeness (QED) is 0.463. The SMILES string of the molecule is Cc1cc(N)c(C(=O)C(C)C(=O)O)cc1C. The first-order valence-electron chi connectivity index (χ1n) is 4.98. The first-order chi connectivity index (χ1) is 7.34. The van der Waals surface area contributed by atoms with E-state index in [2.05, 4.69) is 0 Å². The van der Waals surface area contributed by atoms with Crippen molar-refractivity contribution < 1.29 is 14.7 Å². The van der Waals surface area contributed by atoms with Crippen LogP contribution in [-0.4, -0.2) is 16.9 Å². The second-order valence-corrected chi connectivity index (χ2v) is 3.95. The Kier molecular flexibility index (Phi) is 3.32. The van der Waals surface area contributed by atoms with Crippen LogP contribution in [0, 0.1) is 19.8 Å². The van der Waals surface area contributed by atoms with Gasteiger partial charge in [-0.15, -0.1) is 0 Å². The number of aliphatic carboxylic acids is 1. The summed E-state index contributed by atoms with van der Waals surface area (Å²) in [4.78, 5) is 22.5. The lowest BCUT2D eigenvalue weighted by Gasteiger charge is -2.10. The van der Waals surface area contributed by atoms with Crippen LogP contribution in [0.4, 0.5) is 5.69 Å². The highest BCUT2D eigenvalue weighted by atomic mass is 16.4. The number of carbonyl (C=O) groups is 2. The molecular formula is C12H15NO3. The van der Waals surface area contributed by atoms with E-state index in [0.717, 1.165) is 11.1 Å². The van der Waals surface area contributed by atoms with Gasteiger partial charge in [0.2, 0.25) is 0 Å². The highest BCUT2D eigenvalue weighted by Gasteiger charge is 2.23. The van der Waals surface area contributed by atoms with E-state index in [4.69, 9.17) is 10.8 Å². The van der Waals surface area contributed by atoms with Crippen LogP contribution in [0.1, 0.15) is 28.4 Å². The van der Waals surface area contributed by atoms with Gasteiger partial charge in [0, 0.05) is 11.3 Å². The minimum atomic E-state index is -1.14. The van der Waals surface area contributed by atoms with Crippen molar-refractivity contribution in [3.05, 3.63) is 28.8 Å². The van der Waals surface area contributed by atoms with Crippen molar-refractivity contribution in [3.8, 4) is 0 Å². The minimum absolute atomic E-state index is 0.290. The summed E-state index contributed by atoms with van der Waals surface area (Å²) in [5, 5.41) is 8.77. The number of nitrogen functional groups attached to an aromatic ring is 1. The van der Waals surface area contributed by atoms with Gasteiger partial charge in [0.25, 0.3) is 0 Å². The molecule has 0 heterocycles. The summed E-state index contributed by atoms with van der Waals surface area (Å²) < 4.78 is 0. The zero-order valence-corrected chi connectivity index (χ0v) is 9.57. The molecule has 86 valence electrons. The molecule has 4 nitrogen and oxygen atoms in total. The lowest BCUT2D eigenvalue weighted by Crippen LogP contribution is -2.21. The number of ketones is 1. The van der Waals surface area contributed by atoms with Gasteiger partial charge in [0.15, 0.2) is 5.78 Å². The summed E-state index contributed by atoms with van der Waals surface area (Å²) in [6.45, 7) is 5.11. The molecule has 3 N–H and O–H groups in total. The number of aryl methyl sites for hydroxylation is 2. The lowest BCUT2D eigenvalue weighted by atomic mass is 9.95. The molecule has 1 aromatic rings. The van der Waals surface area contributed by atoms with Gasteiger partial charge in [-0.05, 0) is 44.0 Å². The van der Waals surface area contributed by atoms with E-state index in [1.54, 1.807) is 12.1 Å². The number of rotatable bonds is 3. The van der Waals surface area contributed by atoms with E-state index >= 15 is 0 Å². The fraction of sp³-hybridized carbons (Fsp3) is 0.333. The lowest BCUT2D eigenvalue weighted by molar-refractivity contribution is -0.139. The molecule has 0 fully saturated rings. The maximum atomic E-state index is 11.8. The van der Waals surface area contributed by atoms with Gasteiger partial charge in [0.05, 0.1) is 0 Å². The summed E-state index contributed by atoms with van der Waals surface area (Å²) in [6, 6.07) is 3.34. The Bertz CT molecular complexity index is 452. The Balaban J connectivity index is 3.19. The molecule has 0 amide bonds. The molecule has 0 aliphatic heterocycles. The fourth-order valence-corrected chi connectivity index (χ4v) is 1.40. The van der Waals surface area contributed by atoms with Crippen LogP contribution in [0.2, 0.25) is 0 Å². The average molecular weight is 221 g/mol. The molecule has 0 aromatic heterocycles. The number of nitrogens with two attached hydrogens (primary N) is 1. The molecular weight excluding hydrogens is 206 g/mol. The zero-order chi connectivity index (χ0) is 12.5. The van der Waals surface area contributed by atoms with Crippen molar-refractivity contribution in [1.29, 1.82) is 0 Å². The fourth-order valence-electron chi connectivity index (χ4n) is 1.40. The second kappa shape index (κ2) is 4.35. The Morgan fingerprint density at radius 2 is 1.75 bits per heavy atom. The standard InChI is InChI=1S/C12H15NO3/c1-6-4-9(10(13)5-7(6)2)11(14)8(3)12(15)16/h4-5,8H,13H2,1-3H3,(H,15,16). The van der Waals surface area contributed by atoms with Crippen LogP contribution in [0.25, 0.3) is 0 Å². The summed E-state index contributed by atoms with van der Waals surface area (Å²) in [5.41, 5.74) is 8.25. The van der Waals surface area contributed by atoms with Crippen molar-refractivity contribution >= 4 is 17.4 Å². The monoisotopic (exact) mass is 221 g/mol. The third kappa shape index (κ3) is 2.21. The summed E-state index contributed by atoms with van der Waals surface area (Å²) in [6.07, 6.45) is 0. The summed E-state index contributed by atoms with van der Waals surface area (Å²) in [5.74, 6) is -2.65. The minimum Gasteiger partial charge on any atom is -0.481 e. The van der Waals surface area contributed by atoms with E-state index in [1.165, 1.54) is 6.92 Å². The van der Waals surface area contributed by atoms with Crippen molar-refractivity contribution in [2.45, 2.75) is 20.8 Å². The van der Waals surface area contributed by atoms with Crippen LogP contribution >= 0.6 is 0 Å². The maximum absolute atomic E-state index is 11.8. The molecule has 4 heteroatoms. The second-order valence-electron chi connectivity index (χ2n) is 3.95. The van der Waals surface area contributed by atoms with Gasteiger partial charge in [-0.1, -0.05) is 0 Å². The molecule has 1 aromatic carbocycles. The highest BCUT2D eigenvalue weighted by Crippen LogP contribution is 2.21. The Hall–Kier alpha value is -1.84. The van der Waals surface area contributed by atoms with Gasteiger partial charge >= 0.3 is 5.97 Å². The number of hydrogen-bond acceptors (Lipinski definition) is 3. The Morgan fingerprint density at radius 1 is 1.25 bits per heavy atom. The molecule has 0 spiro atoms. The van der Waals surface area contributed by atoms with Gasteiger partial charge in [-0.25, -0.2) is 0 Å². The molecule has 0 saturated carbocycles. The predicted molar refractivity (Wildman–Crippen MR) is 61.5 cm³/mol. The highest BCUT2D eigenvalue weighted by molar-refractivity contribution is 6.10. The van der Waals surface area contributed by atoms with Gasteiger partial charge < -0.3 is 10.8 Å². The number of Topliss-reactive ketones (excluding diaryl/α,β-unsaturated/α-hetero) is 1. The molecule has 0 bridgehead atoms. The number of carbonyl (C=O) groups excluding carboxylic acids is 1. The van der Waals surface area contributed by atoms with Crippen LogP contribution < -0.4 is 5.73 Å². The van der Waals surface area contributed by atoms with Crippen LogP contribution in [0.5, 0.6) is 0 Å². The molecule has 1 rings (SSSR count). The van der Waals surface area contributed by atoms with Gasteiger partial charge in [-0.2, -0.15) is 0 Å². The molecule has 0 aliphatic carbocycles. The molecule has 0 saturated heterocycles. The average Bonchev–Trinajstić information content (AvgIpc) is 2.21. The number of carboxylic acids is 1. The van der Waals surface area contributed by atoms with E-state index in [1.807, 2.05) is 13.8 Å². The summed E-state index contributed by atoms with van der Waals surface area (Å²) >= 11 is 0. The molecule has 16 heavy (non-hydrogen) atoms. The van der Waals surface area contributed by atoms with Crippen LogP contribution in [0.3, 0.4) is 0 Å². The van der Waals surface area contributed by atoms with Gasteiger partial charge in [0.1, 0.15) is 5.92 Å². The van der Waals surface area contributed by atoms with Crippen LogP contribution in [0.15, 0.2) is 12.1 Å². The number of anilines is 1. The third-order valence-corrected chi connectivity index (χ3v) is 2.70. The number of hydrogen-bond donors (Lipinski definition) is 2. The molecule has 1 atom stereocenters. The Morgan fingerprint density at radius 3 is 2.25 bits per heavy atom. The number of carboxylic acid groups (broad SMARTS) is 1. The summed E-state index contributed by atoms with van der Waals surface area (Å²) in [7, 11) is 0. The van der Waals surface area contributed by atoms with Crippen molar-refractivity contribution in [2.24, 2.45) is 5.92 Å². The largest absolute Gasteiger partial charge is 0.481 e. The van der Waals surface area contributed by atoms with E-state index in [-0.39, 0.29) is 5.56 Å². The van der Waals surface area contributed by atoms with Crippen molar-refractivity contribution in [3.63, 3.8) is 0 Å². The first-order valence-corrected chi connectivity index (χ1v) is 4.98. The third-order valence-electron chi connectivity index (χ3n) is 2.70.